The van der Waals surface area contributed by atoms with E-state index >= 15 is 0 Å². The molecule has 0 unspecified atom stereocenters. The predicted molar refractivity (Wildman–Crippen MR) is 75.0 cm³/mol. The van der Waals surface area contributed by atoms with Crippen molar-refractivity contribution in [2.75, 3.05) is 24.6 Å². The predicted octanol–water partition coefficient (Wildman–Crippen LogP) is 1.82. The Morgan fingerprint density at radius 2 is 2.10 bits per heavy atom. The first-order valence-corrected chi connectivity index (χ1v) is 6.98. The Labute approximate surface area is 118 Å². The van der Waals surface area contributed by atoms with Crippen molar-refractivity contribution in [3.8, 4) is 0 Å². The second kappa shape index (κ2) is 6.65. The van der Waals surface area contributed by atoms with Crippen molar-refractivity contribution in [1.82, 2.24) is 9.97 Å². The zero-order valence-electron chi connectivity index (χ0n) is 12.0. The Bertz CT molecular complexity index is 439. The average Bonchev–Trinajstić information content (AvgIpc) is 2.46. The first kappa shape index (κ1) is 14.7. The van der Waals surface area contributed by atoms with Gasteiger partial charge in [-0.3, -0.25) is 0 Å². The zero-order valence-corrected chi connectivity index (χ0v) is 12.0. The molecule has 0 atom stereocenters. The lowest BCUT2D eigenvalue weighted by molar-refractivity contribution is 0.0214. The second-order valence-corrected chi connectivity index (χ2v) is 5.48. The maximum Gasteiger partial charge on any atom is 0.356 e. The van der Waals surface area contributed by atoms with Gasteiger partial charge in [-0.25, -0.2) is 14.8 Å². The highest BCUT2D eigenvalue weighted by Gasteiger charge is 2.21. The monoisotopic (exact) mass is 279 g/mol. The highest BCUT2D eigenvalue weighted by molar-refractivity contribution is 5.84. The molecular formula is C14H21N3O3. The van der Waals surface area contributed by atoms with Gasteiger partial charge in [-0.1, -0.05) is 13.8 Å². The van der Waals surface area contributed by atoms with Crippen molar-refractivity contribution in [3.05, 3.63) is 18.1 Å². The van der Waals surface area contributed by atoms with Crippen molar-refractivity contribution in [2.24, 2.45) is 5.92 Å². The number of carbonyl (C=O) groups is 1. The fourth-order valence-electron chi connectivity index (χ4n) is 2.18. The molecule has 0 aliphatic carbocycles. The first-order chi connectivity index (χ1) is 9.56. The molecule has 0 radical (unpaired) electrons. The summed E-state index contributed by atoms with van der Waals surface area (Å²) in [5.74, 6) is 0.240. The van der Waals surface area contributed by atoms with E-state index in [0.29, 0.717) is 12.0 Å². The van der Waals surface area contributed by atoms with Crippen LogP contribution in [0, 0.1) is 5.92 Å². The van der Waals surface area contributed by atoms with Crippen LogP contribution in [0.1, 0.15) is 37.2 Å². The van der Waals surface area contributed by atoms with E-state index in [1.165, 1.54) is 12.4 Å². The number of piperidine rings is 1. The number of carboxylic acids is 1. The van der Waals surface area contributed by atoms with Gasteiger partial charge in [-0.05, 0) is 18.8 Å². The Morgan fingerprint density at radius 3 is 2.60 bits per heavy atom. The van der Waals surface area contributed by atoms with Crippen LogP contribution in [0.5, 0.6) is 0 Å². The highest BCUT2D eigenvalue weighted by Crippen LogP contribution is 2.19. The fourth-order valence-corrected chi connectivity index (χ4v) is 2.18. The number of anilines is 1. The van der Waals surface area contributed by atoms with Crippen molar-refractivity contribution in [1.29, 1.82) is 0 Å². The maximum atomic E-state index is 10.7. The lowest BCUT2D eigenvalue weighted by Gasteiger charge is -2.32. The normalized spacial score (nSPS) is 16.6. The van der Waals surface area contributed by atoms with E-state index in [4.69, 9.17) is 9.84 Å². The molecule has 1 aromatic rings. The van der Waals surface area contributed by atoms with Gasteiger partial charge >= 0.3 is 5.97 Å². The van der Waals surface area contributed by atoms with Gasteiger partial charge in [-0.15, -0.1) is 0 Å². The zero-order chi connectivity index (χ0) is 14.5. The van der Waals surface area contributed by atoms with Crippen LogP contribution in [0.15, 0.2) is 12.4 Å². The van der Waals surface area contributed by atoms with E-state index in [1.807, 2.05) is 0 Å². The molecule has 0 spiro atoms. The maximum absolute atomic E-state index is 10.7. The number of nitrogens with zero attached hydrogens (tertiary/aromatic N) is 3. The fraction of sp³-hybridized carbons (Fsp3) is 0.643. The Hall–Kier alpha value is -1.69. The molecular weight excluding hydrogens is 258 g/mol. The highest BCUT2D eigenvalue weighted by atomic mass is 16.5. The van der Waals surface area contributed by atoms with Crippen LogP contribution >= 0.6 is 0 Å². The van der Waals surface area contributed by atoms with Crippen LogP contribution in [-0.2, 0) is 4.74 Å². The summed E-state index contributed by atoms with van der Waals surface area (Å²) in [5, 5.41) is 8.79. The molecule has 0 saturated carbocycles. The van der Waals surface area contributed by atoms with Crippen LogP contribution in [0.4, 0.5) is 5.82 Å². The summed E-state index contributed by atoms with van der Waals surface area (Å²) < 4.78 is 5.84. The molecule has 110 valence electrons. The van der Waals surface area contributed by atoms with E-state index in [9.17, 15) is 4.79 Å². The molecule has 1 aromatic heterocycles. The topological polar surface area (TPSA) is 75.5 Å². The van der Waals surface area contributed by atoms with E-state index < -0.39 is 5.97 Å². The number of ether oxygens (including phenoxy) is 1. The molecule has 0 bridgehead atoms. The molecule has 2 heterocycles. The number of hydrogen-bond acceptors (Lipinski definition) is 5. The molecule has 2 rings (SSSR count). The minimum atomic E-state index is -1.05. The van der Waals surface area contributed by atoms with Crippen LogP contribution in [0.25, 0.3) is 0 Å². The third-order valence-corrected chi connectivity index (χ3v) is 3.29. The third-order valence-electron chi connectivity index (χ3n) is 3.29. The van der Waals surface area contributed by atoms with E-state index in [-0.39, 0.29) is 5.69 Å². The first-order valence-electron chi connectivity index (χ1n) is 6.98. The molecule has 0 aromatic carbocycles. The minimum absolute atomic E-state index is 0.0242. The van der Waals surface area contributed by atoms with Gasteiger partial charge in [-0.2, -0.15) is 0 Å². The van der Waals surface area contributed by atoms with Crippen molar-refractivity contribution < 1.29 is 14.6 Å². The number of aromatic carboxylic acids is 1. The number of aromatic nitrogens is 2. The van der Waals surface area contributed by atoms with Gasteiger partial charge in [0.05, 0.1) is 18.5 Å². The smallest absolute Gasteiger partial charge is 0.356 e. The van der Waals surface area contributed by atoms with Crippen LogP contribution in [-0.4, -0.2) is 46.8 Å². The molecule has 1 N–H and O–H groups in total. The molecule has 6 heteroatoms. The second-order valence-electron chi connectivity index (χ2n) is 5.48. The molecule has 0 amide bonds. The minimum Gasteiger partial charge on any atom is -0.476 e. The standard InChI is InChI=1S/C14H21N3O3/c1-10(2)9-20-11-3-5-17(6-4-11)13-8-15-12(7-16-13)14(18)19/h7-8,10-11H,3-6,9H2,1-2H3,(H,18,19). The SMILES string of the molecule is CC(C)COC1CCN(c2cnc(C(=O)O)cn2)CC1. The van der Waals surface area contributed by atoms with Crippen LogP contribution in [0.3, 0.4) is 0 Å². The molecule has 1 aliphatic heterocycles. The largest absolute Gasteiger partial charge is 0.476 e. The number of carboxylic acid groups (broad SMARTS) is 1. The van der Waals surface area contributed by atoms with Crippen LogP contribution < -0.4 is 4.90 Å². The summed E-state index contributed by atoms with van der Waals surface area (Å²) in [5.41, 5.74) is -0.0242. The third kappa shape index (κ3) is 3.90. The summed E-state index contributed by atoms with van der Waals surface area (Å²) in [6.07, 6.45) is 5.09. The lowest BCUT2D eigenvalue weighted by Crippen LogP contribution is -2.38. The summed E-state index contributed by atoms with van der Waals surface area (Å²) in [6, 6.07) is 0. The van der Waals surface area contributed by atoms with E-state index in [2.05, 4.69) is 28.7 Å². The van der Waals surface area contributed by atoms with Gasteiger partial charge in [0.2, 0.25) is 0 Å². The molecule has 1 fully saturated rings. The van der Waals surface area contributed by atoms with Gasteiger partial charge in [0.1, 0.15) is 5.82 Å². The summed E-state index contributed by atoms with van der Waals surface area (Å²) in [4.78, 5) is 20.9. The number of rotatable bonds is 5. The van der Waals surface area contributed by atoms with Crippen molar-refractivity contribution in [2.45, 2.75) is 32.8 Å². The van der Waals surface area contributed by atoms with Gasteiger partial charge < -0.3 is 14.7 Å². The number of hydrogen-bond donors (Lipinski definition) is 1. The molecule has 1 saturated heterocycles. The van der Waals surface area contributed by atoms with Crippen molar-refractivity contribution in [3.63, 3.8) is 0 Å². The van der Waals surface area contributed by atoms with E-state index in [1.54, 1.807) is 0 Å². The molecule has 6 nitrogen and oxygen atoms in total. The van der Waals surface area contributed by atoms with Crippen LogP contribution in [0.2, 0.25) is 0 Å². The average molecular weight is 279 g/mol. The van der Waals surface area contributed by atoms with Gasteiger partial charge in [0.15, 0.2) is 5.69 Å². The Kier molecular flexibility index (Phi) is 4.89. The Morgan fingerprint density at radius 1 is 1.40 bits per heavy atom. The summed E-state index contributed by atoms with van der Waals surface area (Å²) in [7, 11) is 0. The summed E-state index contributed by atoms with van der Waals surface area (Å²) in [6.45, 7) is 6.83. The van der Waals surface area contributed by atoms with Crippen molar-refractivity contribution >= 4 is 11.8 Å². The van der Waals surface area contributed by atoms with E-state index in [0.717, 1.165) is 38.4 Å². The lowest BCUT2D eigenvalue weighted by atomic mass is 10.1. The molecule has 1 aliphatic rings. The quantitative estimate of drug-likeness (QED) is 0.886. The Balaban J connectivity index is 1.85. The summed E-state index contributed by atoms with van der Waals surface area (Å²) >= 11 is 0. The van der Waals surface area contributed by atoms with Gasteiger partial charge in [0.25, 0.3) is 0 Å². The molecule has 20 heavy (non-hydrogen) atoms. The van der Waals surface area contributed by atoms with Gasteiger partial charge in [0, 0.05) is 19.7 Å².